The second-order valence-corrected chi connectivity index (χ2v) is 9.26. The third-order valence-corrected chi connectivity index (χ3v) is 7.36. The Kier molecular flexibility index (Phi) is 5.50. The highest BCUT2D eigenvalue weighted by atomic mass is 35.5. The fourth-order valence-corrected chi connectivity index (χ4v) is 5.49. The zero-order valence-corrected chi connectivity index (χ0v) is 17.5. The maximum absolute atomic E-state index is 13.0. The van der Waals surface area contributed by atoms with Gasteiger partial charge in [0.05, 0.1) is 17.3 Å². The van der Waals surface area contributed by atoms with E-state index in [9.17, 15) is 13.2 Å². The number of piperidine rings is 1. The first-order valence-electron chi connectivity index (χ1n) is 9.48. The van der Waals surface area contributed by atoms with Crippen molar-refractivity contribution in [3.8, 4) is 5.75 Å². The molecule has 1 fully saturated rings. The number of hydrogen-bond donors (Lipinski definition) is 0. The summed E-state index contributed by atoms with van der Waals surface area (Å²) in [5.74, 6) is 0.804. The monoisotopic (exact) mass is 440 g/mol. The number of halogens is 1. The van der Waals surface area contributed by atoms with Crippen LogP contribution in [0, 0.1) is 0 Å². The van der Waals surface area contributed by atoms with Crippen LogP contribution >= 0.6 is 11.6 Å². The predicted octanol–water partition coefficient (Wildman–Crippen LogP) is 2.39. The van der Waals surface area contributed by atoms with Crippen LogP contribution in [0.15, 0.2) is 21.6 Å². The molecule has 2 aliphatic heterocycles. The second kappa shape index (κ2) is 7.92. The molecule has 2 aliphatic rings. The summed E-state index contributed by atoms with van der Waals surface area (Å²) in [5, 5.41) is 3.91. The van der Waals surface area contributed by atoms with Crippen molar-refractivity contribution >= 4 is 33.2 Å². The summed E-state index contributed by atoms with van der Waals surface area (Å²) in [6.45, 7) is 2.69. The summed E-state index contributed by atoms with van der Waals surface area (Å²) < 4.78 is 38.1. The molecule has 1 aromatic heterocycles. The van der Waals surface area contributed by atoms with Crippen LogP contribution in [0.4, 0.5) is 5.69 Å². The highest BCUT2D eigenvalue weighted by molar-refractivity contribution is 7.89. The summed E-state index contributed by atoms with van der Waals surface area (Å²) in [4.78, 5) is 18.1. The van der Waals surface area contributed by atoms with Gasteiger partial charge in [0.1, 0.15) is 10.6 Å². The first kappa shape index (κ1) is 20.1. The van der Waals surface area contributed by atoms with Gasteiger partial charge in [-0.3, -0.25) is 9.69 Å². The number of aryl methyl sites for hydroxylation is 1. The van der Waals surface area contributed by atoms with Crippen LogP contribution in [0.5, 0.6) is 5.75 Å². The smallest absolute Gasteiger partial charge is 0.265 e. The maximum Gasteiger partial charge on any atom is 0.265 e. The van der Waals surface area contributed by atoms with Crippen molar-refractivity contribution in [1.82, 2.24) is 14.4 Å². The lowest BCUT2D eigenvalue weighted by Gasteiger charge is -2.30. The van der Waals surface area contributed by atoms with Gasteiger partial charge in [-0.1, -0.05) is 30.1 Å². The molecular formula is C18H21ClN4O5S. The van der Waals surface area contributed by atoms with Crippen LogP contribution in [-0.2, 0) is 27.8 Å². The lowest BCUT2D eigenvalue weighted by molar-refractivity contribution is -0.121. The number of amides is 1. The zero-order valence-electron chi connectivity index (χ0n) is 15.9. The average molecular weight is 441 g/mol. The van der Waals surface area contributed by atoms with Crippen LogP contribution in [-0.4, -0.2) is 48.5 Å². The number of carbonyl (C=O) groups is 1. The molecule has 1 saturated heterocycles. The molecule has 156 valence electrons. The fourth-order valence-electron chi connectivity index (χ4n) is 3.46. The number of sulfonamides is 1. The molecule has 0 atom stereocenters. The van der Waals surface area contributed by atoms with Crippen LogP contribution in [0.1, 0.15) is 37.9 Å². The van der Waals surface area contributed by atoms with Gasteiger partial charge in [0.25, 0.3) is 5.91 Å². The Hall–Kier alpha value is -2.17. The number of aromatic nitrogens is 2. The van der Waals surface area contributed by atoms with Crippen molar-refractivity contribution in [3.05, 3.63) is 28.9 Å². The highest BCUT2D eigenvalue weighted by Crippen LogP contribution is 2.40. The number of anilines is 1. The van der Waals surface area contributed by atoms with Gasteiger partial charge in [-0.2, -0.15) is 9.29 Å². The van der Waals surface area contributed by atoms with Gasteiger partial charge in [-0.05, 0) is 18.9 Å². The van der Waals surface area contributed by atoms with Crippen molar-refractivity contribution in [2.24, 2.45) is 0 Å². The minimum atomic E-state index is -3.74. The van der Waals surface area contributed by atoms with Crippen molar-refractivity contribution in [2.45, 2.75) is 44.0 Å². The summed E-state index contributed by atoms with van der Waals surface area (Å²) >= 11 is 6.36. The summed E-state index contributed by atoms with van der Waals surface area (Å²) in [6, 6.07) is 2.85. The summed E-state index contributed by atoms with van der Waals surface area (Å²) in [7, 11) is -3.74. The van der Waals surface area contributed by atoms with Crippen molar-refractivity contribution in [1.29, 1.82) is 0 Å². The molecule has 1 amide bonds. The van der Waals surface area contributed by atoms with Crippen LogP contribution in [0.25, 0.3) is 0 Å². The van der Waals surface area contributed by atoms with Gasteiger partial charge in [-0.15, -0.1) is 0 Å². The van der Waals surface area contributed by atoms with Crippen LogP contribution < -0.4 is 9.64 Å². The minimum Gasteiger partial charge on any atom is -0.482 e. The topological polar surface area (TPSA) is 106 Å². The van der Waals surface area contributed by atoms with Gasteiger partial charge >= 0.3 is 0 Å². The Labute approximate surface area is 173 Å². The van der Waals surface area contributed by atoms with Gasteiger partial charge in [-0.25, -0.2) is 8.42 Å². The van der Waals surface area contributed by atoms with Crippen molar-refractivity contribution < 1.29 is 22.5 Å². The number of carbonyl (C=O) groups excluding carboxylic acids is 1. The van der Waals surface area contributed by atoms with Crippen LogP contribution in [0.2, 0.25) is 5.02 Å². The van der Waals surface area contributed by atoms with E-state index in [1.165, 1.54) is 21.3 Å². The zero-order chi connectivity index (χ0) is 20.6. The van der Waals surface area contributed by atoms with Crippen molar-refractivity contribution in [3.63, 3.8) is 0 Å². The van der Waals surface area contributed by atoms with Crippen molar-refractivity contribution in [2.75, 3.05) is 24.6 Å². The molecule has 0 spiro atoms. The van der Waals surface area contributed by atoms with E-state index in [4.69, 9.17) is 20.9 Å². The Morgan fingerprint density at radius 3 is 2.66 bits per heavy atom. The van der Waals surface area contributed by atoms with E-state index in [2.05, 4.69) is 10.1 Å². The predicted molar refractivity (Wildman–Crippen MR) is 104 cm³/mol. The number of nitrogens with zero attached hydrogens (tertiary/aromatic N) is 4. The molecule has 0 bridgehead atoms. The van der Waals surface area contributed by atoms with E-state index < -0.39 is 10.0 Å². The molecule has 1 aromatic carbocycles. The summed E-state index contributed by atoms with van der Waals surface area (Å²) in [6.07, 6.45) is 3.25. The molecule has 0 radical (unpaired) electrons. The molecule has 0 N–H and O–H groups in total. The Morgan fingerprint density at radius 1 is 1.21 bits per heavy atom. The third-order valence-electron chi connectivity index (χ3n) is 5.00. The first-order chi connectivity index (χ1) is 13.9. The van der Waals surface area contributed by atoms with E-state index in [0.717, 1.165) is 19.3 Å². The van der Waals surface area contributed by atoms with Gasteiger partial charge in [0, 0.05) is 25.6 Å². The van der Waals surface area contributed by atoms with E-state index in [0.29, 0.717) is 36.9 Å². The number of fused-ring (bicyclic) bond motifs is 1. The molecular weight excluding hydrogens is 420 g/mol. The first-order valence-corrected chi connectivity index (χ1v) is 11.3. The number of ether oxygens (including phenoxy) is 1. The second-order valence-electron chi connectivity index (χ2n) is 6.94. The standard InChI is InChI=1S/C18H21ClN4O5S/c1-2-17-20-16(21-28-17)10-23-13-8-12(19)15(9-14(13)27-11-18(23)24)29(25,26)22-6-4-3-5-7-22/h8-9H,2-7,10-11H2,1H3. The van der Waals surface area contributed by atoms with Gasteiger partial charge in [0.2, 0.25) is 15.9 Å². The average Bonchev–Trinajstić information content (AvgIpc) is 3.18. The Bertz CT molecular complexity index is 1030. The molecule has 0 aliphatic carbocycles. The molecule has 4 rings (SSSR count). The van der Waals surface area contributed by atoms with Crippen LogP contribution in [0.3, 0.4) is 0 Å². The van der Waals surface area contributed by atoms with E-state index in [1.807, 2.05) is 6.92 Å². The minimum absolute atomic E-state index is 0.0121. The quantitative estimate of drug-likeness (QED) is 0.702. The molecule has 0 unspecified atom stereocenters. The molecule has 2 aromatic rings. The SMILES string of the molecule is CCc1nc(CN2C(=O)COc3cc(S(=O)(=O)N4CCCCC4)c(Cl)cc32)no1. The molecule has 0 saturated carbocycles. The highest BCUT2D eigenvalue weighted by Gasteiger charge is 2.33. The largest absolute Gasteiger partial charge is 0.482 e. The molecule has 11 heteroatoms. The fraction of sp³-hybridized carbons (Fsp3) is 0.500. The molecule has 3 heterocycles. The lowest BCUT2D eigenvalue weighted by Crippen LogP contribution is -2.39. The normalized spacial score (nSPS) is 17.9. The molecule has 9 nitrogen and oxygen atoms in total. The van der Waals surface area contributed by atoms with E-state index in [-0.39, 0.29) is 34.7 Å². The Morgan fingerprint density at radius 2 is 1.97 bits per heavy atom. The summed E-state index contributed by atoms with van der Waals surface area (Å²) in [5.41, 5.74) is 0.381. The Balaban J connectivity index is 1.68. The number of benzene rings is 1. The maximum atomic E-state index is 13.0. The molecule has 29 heavy (non-hydrogen) atoms. The van der Waals surface area contributed by atoms with E-state index in [1.54, 1.807) is 0 Å². The van der Waals surface area contributed by atoms with E-state index >= 15 is 0 Å². The third kappa shape index (κ3) is 3.84. The number of rotatable bonds is 5. The number of hydrogen-bond acceptors (Lipinski definition) is 7. The lowest BCUT2D eigenvalue weighted by atomic mass is 10.2. The van der Waals surface area contributed by atoms with Gasteiger partial charge < -0.3 is 9.26 Å². The van der Waals surface area contributed by atoms with Gasteiger partial charge in [0.15, 0.2) is 12.4 Å².